The molecule has 0 saturated heterocycles. The molecule has 6 nitrogen and oxygen atoms in total. The van der Waals surface area contributed by atoms with Gasteiger partial charge in [0.1, 0.15) is 11.6 Å². The van der Waals surface area contributed by atoms with Crippen LogP contribution >= 0.6 is 0 Å². The summed E-state index contributed by atoms with van der Waals surface area (Å²) in [4.78, 5) is 4.10. The van der Waals surface area contributed by atoms with Gasteiger partial charge in [-0.05, 0) is 35.4 Å². The number of hydrogen-bond donors (Lipinski definition) is 2. The van der Waals surface area contributed by atoms with Crippen LogP contribution < -0.4 is 10.6 Å². The normalized spacial score (nSPS) is 12.2. The molecule has 0 amide bonds. The van der Waals surface area contributed by atoms with Crippen molar-refractivity contribution in [3.8, 4) is 0 Å². The van der Waals surface area contributed by atoms with Gasteiger partial charge >= 0.3 is 0 Å². The minimum Gasteiger partial charge on any atom is -0.469 e. The van der Waals surface area contributed by atoms with E-state index in [9.17, 15) is 12.8 Å². The van der Waals surface area contributed by atoms with Gasteiger partial charge in [0.05, 0.1) is 12.0 Å². The minimum absolute atomic E-state index is 0.130. The maximum atomic E-state index is 13.5. The molecule has 0 saturated carbocycles. The number of halogens is 1. The molecule has 1 aromatic carbocycles. The van der Waals surface area contributed by atoms with Crippen LogP contribution in [0.3, 0.4) is 0 Å². The second-order valence-corrected chi connectivity index (χ2v) is 7.81. The molecule has 25 heavy (non-hydrogen) atoms. The Hall–Kier alpha value is -2.35. The molecule has 8 heteroatoms. The summed E-state index contributed by atoms with van der Waals surface area (Å²) in [5.74, 6) is 0.869. The molecular formula is C17H22FN3O3S. The van der Waals surface area contributed by atoms with Crippen LogP contribution in [0.15, 0.2) is 46.0 Å². The molecule has 0 bridgehead atoms. The van der Waals surface area contributed by atoms with E-state index in [0.29, 0.717) is 30.1 Å². The van der Waals surface area contributed by atoms with Gasteiger partial charge in [0, 0.05) is 32.8 Å². The summed E-state index contributed by atoms with van der Waals surface area (Å²) in [5, 5.41) is 6.19. The van der Waals surface area contributed by atoms with Crippen LogP contribution in [0.2, 0.25) is 0 Å². The Bertz CT molecular complexity index is 818. The molecule has 2 aromatic rings. The van der Waals surface area contributed by atoms with Crippen LogP contribution in [0.25, 0.3) is 0 Å². The highest BCUT2D eigenvalue weighted by molar-refractivity contribution is 7.89. The fourth-order valence-electron chi connectivity index (χ4n) is 2.34. The van der Waals surface area contributed by atoms with Crippen molar-refractivity contribution >= 4 is 15.8 Å². The van der Waals surface area contributed by atoms with Crippen molar-refractivity contribution in [2.75, 3.05) is 19.8 Å². The van der Waals surface area contributed by atoms with E-state index in [-0.39, 0.29) is 12.3 Å². The summed E-state index contributed by atoms with van der Waals surface area (Å²) in [7, 11) is -1.57. The predicted octanol–water partition coefficient (Wildman–Crippen LogP) is 1.87. The van der Waals surface area contributed by atoms with Gasteiger partial charge in [-0.2, -0.15) is 0 Å². The number of rotatable bonds is 7. The van der Waals surface area contributed by atoms with E-state index in [0.717, 1.165) is 12.0 Å². The summed E-state index contributed by atoms with van der Waals surface area (Å²) >= 11 is 0. The molecule has 2 N–H and O–H groups in total. The molecule has 0 radical (unpaired) electrons. The van der Waals surface area contributed by atoms with Crippen molar-refractivity contribution < 1.29 is 17.2 Å². The molecule has 0 aliphatic rings. The van der Waals surface area contributed by atoms with Gasteiger partial charge in [-0.25, -0.2) is 12.8 Å². The first-order valence-corrected chi connectivity index (χ1v) is 9.85. The Morgan fingerprint density at radius 3 is 2.68 bits per heavy atom. The topological polar surface area (TPSA) is 83.7 Å². The molecule has 0 atom stereocenters. The van der Waals surface area contributed by atoms with E-state index in [1.807, 2.05) is 12.1 Å². The van der Waals surface area contributed by atoms with Gasteiger partial charge in [0.15, 0.2) is 15.8 Å². The van der Waals surface area contributed by atoms with Gasteiger partial charge in [-0.15, -0.1) is 0 Å². The molecule has 2 rings (SSSR count). The molecule has 1 heterocycles. The van der Waals surface area contributed by atoms with E-state index in [2.05, 4.69) is 15.6 Å². The lowest BCUT2D eigenvalue weighted by Crippen LogP contribution is -2.38. The zero-order chi connectivity index (χ0) is 18.3. The maximum Gasteiger partial charge on any atom is 0.191 e. The Balaban J connectivity index is 1.95. The highest BCUT2D eigenvalue weighted by atomic mass is 32.2. The highest BCUT2D eigenvalue weighted by Crippen LogP contribution is 2.14. The second-order valence-electron chi connectivity index (χ2n) is 5.67. The zero-order valence-electron chi connectivity index (χ0n) is 14.3. The average molecular weight is 367 g/mol. The molecule has 0 aliphatic carbocycles. The largest absolute Gasteiger partial charge is 0.469 e. The SMILES string of the molecule is CN=C(NCCc1ccco1)NCc1cc(F)ccc1CS(C)(=O)=O. The Morgan fingerprint density at radius 2 is 2.04 bits per heavy atom. The molecule has 0 fully saturated rings. The fraction of sp³-hybridized carbons (Fsp3) is 0.353. The zero-order valence-corrected chi connectivity index (χ0v) is 15.1. The number of hydrogen-bond acceptors (Lipinski definition) is 4. The van der Waals surface area contributed by atoms with E-state index in [1.165, 1.54) is 18.2 Å². The van der Waals surface area contributed by atoms with Crippen molar-refractivity contribution in [3.63, 3.8) is 0 Å². The van der Waals surface area contributed by atoms with Crippen molar-refractivity contribution in [2.24, 2.45) is 4.99 Å². The van der Waals surface area contributed by atoms with E-state index < -0.39 is 15.7 Å². The third-order valence-corrected chi connectivity index (χ3v) is 4.34. The van der Waals surface area contributed by atoms with Gasteiger partial charge in [-0.1, -0.05) is 6.07 Å². The summed E-state index contributed by atoms with van der Waals surface area (Å²) in [6.45, 7) is 0.884. The number of nitrogens with zero attached hydrogens (tertiary/aromatic N) is 1. The Morgan fingerprint density at radius 1 is 1.24 bits per heavy atom. The highest BCUT2D eigenvalue weighted by Gasteiger charge is 2.11. The van der Waals surface area contributed by atoms with Crippen LogP contribution in [0.1, 0.15) is 16.9 Å². The fourth-order valence-corrected chi connectivity index (χ4v) is 3.19. The average Bonchev–Trinajstić information content (AvgIpc) is 3.05. The van der Waals surface area contributed by atoms with Crippen molar-refractivity contribution in [1.29, 1.82) is 0 Å². The molecular weight excluding hydrogens is 345 g/mol. The van der Waals surface area contributed by atoms with Crippen LogP contribution in [0, 0.1) is 5.82 Å². The van der Waals surface area contributed by atoms with E-state index >= 15 is 0 Å². The number of benzene rings is 1. The van der Waals surface area contributed by atoms with Crippen LogP contribution in [0.5, 0.6) is 0 Å². The van der Waals surface area contributed by atoms with Gasteiger partial charge in [0.25, 0.3) is 0 Å². The first-order valence-electron chi connectivity index (χ1n) is 7.79. The Kier molecular flexibility index (Phi) is 6.58. The summed E-state index contributed by atoms with van der Waals surface area (Å²) in [6.07, 6.45) is 3.48. The van der Waals surface area contributed by atoms with Gasteiger partial charge in [-0.3, -0.25) is 4.99 Å². The van der Waals surface area contributed by atoms with Crippen LogP contribution in [-0.2, 0) is 28.6 Å². The minimum atomic E-state index is -3.20. The quantitative estimate of drug-likeness (QED) is 0.577. The summed E-state index contributed by atoms with van der Waals surface area (Å²) in [5.41, 5.74) is 1.15. The lowest BCUT2D eigenvalue weighted by atomic mass is 10.1. The van der Waals surface area contributed by atoms with Crippen molar-refractivity contribution in [1.82, 2.24) is 10.6 Å². The molecule has 0 unspecified atom stereocenters. The predicted molar refractivity (Wildman–Crippen MR) is 95.6 cm³/mol. The first kappa shape index (κ1) is 19.0. The smallest absolute Gasteiger partial charge is 0.191 e. The van der Waals surface area contributed by atoms with Crippen molar-refractivity contribution in [3.05, 3.63) is 59.3 Å². The molecule has 136 valence electrons. The number of nitrogens with one attached hydrogen (secondary N) is 2. The van der Waals surface area contributed by atoms with Gasteiger partial charge in [0.2, 0.25) is 0 Å². The molecule has 0 spiro atoms. The second kappa shape index (κ2) is 8.66. The number of guanidine groups is 1. The number of aliphatic imine (C=N–C) groups is 1. The lowest BCUT2D eigenvalue weighted by Gasteiger charge is -2.14. The van der Waals surface area contributed by atoms with E-state index in [4.69, 9.17) is 4.42 Å². The van der Waals surface area contributed by atoms with Crippen molar-refractivity contribution in [2.45, 2.75) is 18.7 Å². The van der Waals surface area contributed by atoms with E-state index in [1.54, 1.807) is 13.3 Å². The number of furan rings is 1. The number of sulfone groups is 1. The standard InChI is InChI=1S/C17H22FN3O3S/c1-19-17(20-8-7-16-4-3-9-24-16)21-11-14-10-15(18)6-5-13(14)12-25(2,22)23/h3-6,9-10H,7-8,11-12H2,1-2H3,(H2,19,20,21). The third kappa shape index (κ3) is 6.58. The molecule has 1 aromatic heterocycles. The molecule has 0 aliphatic heterocycles. The van der Waals surface area contributed by atoms with Crippen LogP contribution in [0.4, 0.5) is 4.39 Å². The lowest BCUT2D eigenvalue weighted by molar-refractivity contribution is 0.507. The first-order chi connectivity index (χ1) is 11.9. The maximum absolute atomic E-state index is 13.5. The van der Waals surface area contributed by atoms with Crippen LogP contribution in [-0.4, -0.2) is 34.2 Å². The third-order valence-electron chi connectivity index (χ3n) is 3.50. The monoisotopic (exact) mass is 367 g/mol. The summed E-state index contributed by atoms with van der Waals surface area (Å²) in [6, 6.07) is 7.82. The summed E-state index contributed by atoms with van der Waals surface area (Å²) < 4.78 is 41.8. The van der Waals surface area contributed by atoms with Gasteiger partial charge < -0.3 is 15.1 Å². The Labute approximate surface area is 147 Å².